The van der Waals surface area contributed by atoms with Crippen molar-refractivity contribution in [2.45, 2.75) is 13.3 Å². The second-order valence-electron chi connectivity index (χ2n) is 4.96. The quantitative estimate of drug-likeness (QED) is 0.598. The van der Waals surface area contributed by atoms with Crippen LogP contribution in [0, 0.1) is 0 Å². The van der Waals surface area contributed by atoms with E-state index in [0.717, 1.165) is 23.0 Å². The lowest BCUT2D eigenvalue weighted by molar-refractivity contribution is 0.0594. The van der Waals surface area contributed by atoms with Crippen LogP contribution in [0.3, 0.4) is 0 Å². The molecule has 1 heterocycles. The first-order valence-electron chi connectivity index (χ1n) is 7.31. The Bertz CT molecular complexity index is 769. The maximum atomic E-state index is 11.6. The minimum absolute atomic E-state index is 0.296. The number of allylic oxidation sites excluding steroid dienone is 3. The molecule has 0 aliphatic heterocycles. The summed E-state index contributed by atoms with van der Waals surface area (Å²) in [6.45, 7) is 2.04. The first-order valence-corrected chi connectivity index (χ1v) is 7.69. The number of carbonyl (C=O) groups is 1. The molecule has 120 valence electrons. The lowest BCUT2D eigenvalue weighted by Crippen LogP contribution is -2.09. The van der Waals surface area contributed by atoms with Gasteiger partial charge in [-0.25, -0.2) is 9.78 Å². The van der Waals surface area contributed by atoms with Crippen molar-refractivity contribution in [1.29, 1.82) is 0 Å². The number of carbonyl (C=O) groups excluding carboxylic acids is 1. The van der Waals surface area contributed by atoms with Gasteiger partial charge in [-0.15, -0.1) is 0 Å². The van der Waals surface area contributed by atoms with Crippen LogP contribution < -0.4 is 4.90 Å². The number of aromatic nitrogens is 1. The van der Waals surface area contributed by atoms with Gasteiger partial charge >= 0.3 is 5.97 Å². The number of esters is 1. The van der Waals surface area contributed by atoms with E-state index in [4.69, 9.17) is 16.3 Å². The van der Waals surface area contributed by atoms with Crippen LogP contribution >= 0.6 is 11.6 Å². The van der Waals surface area contributed by atoms with E-state index in [1.165, 1.54) is 7.11 Å². The topological polar surface area (TPSA) is 42.4 Å². The summed E-state index contributed by atoms with van der Waals surface area (Å²) in [5.74, 6) is -0.443. The molecule has 2 aromatic rings. The van der Waals surface area contributed by atoms with E-state index in [1.807, 2.05) is 61.5 Å². The van der Waals surface area contributed by atoms with Crippen LogP contribution in [0.5, 0.6) is 0 Å². The summed E-state index contributed by atoms with van der Waals surface area (Å²) in [4.78, 5) is 17.9. The molecule has 0 unspecified atom stereocenters. The second-order valence-corrected chi connectivity index (χ2v) is 5.39. The summed E-state index contributed by atoms with van der Waals surface area (Å²) in [5, 5.41) is 1.65. The molecule has 2 rings (SSSR count). The zero-order chi connectivity index (χ0) is 16.8. The summed E-state index contributed by atoms with van der Waals surface area (Å²) in [7, 11) is 3.28. The fraction of sp³-hybridized carbons (Fsp3) is 0.222. The number of anilines is 1. The first-order chi connectivity index (χ1) is 11.1. The minimum Gasteiger partial charge on any atom is -0.464 e. The number of methoxy groups -OCH3 is 1. The van der Waals surface area contributed by atoms with Gasteiger partial charge in [0.1, 0.15) is 5.69 Å². The van der Waals surface area contributed by atoms with Gasteiger partial charge in [-0.3, -0.25) is 0 Å². The second kappa shape index (κ2) is 7.79. The molecule has 23 heavy (non-hydrogen) atoms. The van der Waals surface area contributed by atoms with Crippen LogP contribution in [0.4, 0.5) is 5.69 Å². The van der Waals surface area contributed by atoms with E-state index in [0.29, 0.717) is 10.7 Å². The van der Waals surface area contributed by atoms with Gasteiger partial charge in [0.15, 0.2) is 0 Å². The van der Waals surface area contributed by atoms with E-state index < -0.39 is 5.97 Å². The fourth-order valence-corrected chi connectivity index (χ4v) is 2.40. The molecule has 5 heteroatoms. The Hall–Kier alpha value is -2.33. The van der Waals surface area contributed by atoms with Gasteiger partial charge in [-0.05, 0) is 36.8 Å². The highest BCUT2D eigenvalue weighted by molar-refractivity contribution is 6.31. The normalized spacial score (nSPS) is 11.9. The number of ether oxygens (including phenoxy) is 1. The SMILES string of the molecule is CC/C=C(Cl)/C=C\N(C)c1cccc2nc(C(=O)OC)ccc12. The molecular weight excluding hydrogens is 312 g/mol. The monoisotopic (exact) mass is 330 g/mol. The van der Waals surface area contributed by atoms with Crippen LogP contribution in [0.15, 0.2) is 53.7 Å². The number of hydrogen-bond donors (Lipinski definition) is 0. The average molecular weight is 331 g/mol. The zero-order valence-electron chi connectivity index (χ0n) is 13.4. The molecule has 0 saturated carbocycles. The van der Waals surface area contributed by atoms with Crippen LogP contribution in [0.25, 0.3) is 10.9 Å². The Balaban J connectivity index is 2.38. The highest BCUT2D eigenvalue weighted by Crippen LogP contribution is 2.26. The Morgan fingerprint density at radius 3 is 2.83 bits per heavy atom. The van der Waals surface area contributed by atoms with E-state index in [2.05, 4.69) is 4.98 Å². The molecule has 0 N–H and O–H groups in total. The molecule has 0 spiro atoms. The number of halogens is 1. The first kappa shape index (κ1) is 17.0. The zero-order valence-corrected chi connectivity index (χ0v) is 14.2. The number of pyridine rings is 1. The number of nitrogens with zero attached hydrogens (tertiary/aromatic N) is 2. The molecule has 0 bridgehead atoms. The fourth-order valence-electron chi connectivity index (χ4n) is 2.19. The third kappa shape index (κ3) is 4.11. The summed E-state index contributed by atoms with van der Waals surface area (Å²) in [6.07, 6.45) is 6.58. The molecule has 1 aromatic heterocycles. The Kier molecular flexibility index (Phi) is 5.77. The highest BCUT2D eigenvalue weighted by atomic mass is 35.5. The third-order valence-electron chi connectivity index (χ3n) is 3.34. The number of benzene rings is 1. The predicted molar refractivity (Wildman–Crippen MR) is 94.9 cm³/mol. The van der Waals surface area contributed by atoms with Crippen molar-refractivity contribution < 1.29 is 9.53 Å². The Morgan fingerprint density at radius 2 is 2.13 bits per heavy atom. The average Bonchev–Trinajstić information content (AvgIpc) is 2.58. The van der Waals surface area contributed by atoms with Gasteiger partial charge in [0, 0.05) is 29.4 Å². The maximum absolute atomic E-state index is 11.6. The molecule has 0 aliphatic carbocycles. The van der Waals surface area contributed by atoms with E-state index in [9.17, 15) is 4.79 Å². The molecule has 4 nitrogen and oxygen atoms in total. The van der Waals surface area contributed by atoms with Crippen molar-refractivity contribution in [3.05, 3.63) is 59.4 Å². The van der Waals surface area contributed by atoms with E-state index in [1.54, 1.807) is 6.07 Å². The highest BCUT2D eigenvalue weighted by Gasteiger charge is 2.10. The predicted octanol–water partition coefficient (Wildman–Crippen LogP) is 4.50. The molecule has 0 atom stereocenters. The largest absolute Gasteiger partial charge is 0.464 e. The van der Waals surface area contributed by atoms with Crippen molar-refractivity contribution in [2.24, 2.45) is 0 Å². The van der Waals surface area contributed by atoms with Crippen LogP contribution in [0.1, 0.15) is 23.8 Å². The van der Waals surface area contributed by atoms with Gasteiger partial charge in [-0.1, -0.05) is 30.7 Å². The maximum Gasteiger partial charge on any atom is 0.356 e. The Labute approximate surface area is 141 Å². The van der Waals surface area contributed by atoms with Crippen LogP contribution in [-0.4, -0.2) is 25.1 Å². The van der Waals surface area contributed by atoms with Gasteiger partial charge in [0.2, 0.25) is 0 Å². The van der Waals surface area contributed by atoms with Crippen molar-refractivity contribution in [2.75, 3.05) is 19.1 Å². The Morgan fingerprint density at radius 1 is 1.35 bits per heavy atom. The number of hydrogen-bond acceptors (Lipinski definition) is 4. The van der Waals surface area contributed by atoms with Crippen molar-refractivity contribution in [1.82, 2.24) is 4.98 Å². The molecule has 0 aliphatic rings. The molecule has 0 saturated heterocycles. The number of fused-ring (bicyclic) bond motifs is 1. The molecule has 0 amide bonds. The molecule has 1 aromatic carbocycles. The van der Waals surface area contributed by atoms with Crippen molar-refractivity contribution in [3.63, 3.8) is 0 Å². The van der Waals surface area contributed by atoms with Gasteiger partial charge < -0.3 is 9.64 Å². The number of rotatable bonds is 5. The lowest BCUT2D eigenvalue weighted by atomic mass is 10.1. The van der Waals surface area contributed by atoms with Crippen LogP contribution in [0.2, 0.25) is 0 Å². The van der Waals surface area contributed by atoms with Crippen molar-refractivity contribution >= 4 is 34.2 Å². The van der Waals surface area contributed by atoms with E-state index >= 15 is 0 Å². The minimum atomic E-state index is -0.443. The molecule has 0 fully saturated rings. The summed E-state index contributed by atoms with van der Waals surface area (Å²) in [6, 6.07) is 9.30. The van der Waals surface area contributed by atoms with Gasteiger partial charge in [-0.2, -0.15) is 0 Å². The summed E-state index contributed by atoms with van der Waals surface area (Å²) < 4.78 is 4.71. The molecule has 0 radical (unpaired) electrons. The summed E-state index contributed by atoms with van der Waals surface area (Å²) in [5.41, 5.74) is 2.01. The lowest BCUT2D eigenvalue weighted by Gasteiger charge is -2.16. The molecular formula is C18H19ClN2O2. The smallest absolute Gasteiger partial charge is 0.356 e. The van der Waals surface area contributed by atoms with Gasteiger partial charge in [0.25, 0.3) is 0 Å². The van der Waals surface area contributed by atoms with Crippen molar-refractivity contribution in [3.8, 4) is 0 Å². The van der Waals surface area contributed by atoms with Gasteiger partial charge in [0.05, 0.1) is 12.6 Å². The summed E-state index contributed by atoms with van der Waals surface area (Å²) >= 11 is 6.09. The third-order valence-corrected chi connectivity index (χ3v) is 3.62. The van der Waals surface area contributed by atoms with Crippen LogP contribution in [-0.2, 0) is 4.74 Å². The van der Waals surface area contributed by atoms with E-state index in [-0.39, 0.29) is 0 Å². The standard InChI is InChI=1S/C18H19ClN2O2/c1-4-6-13(19)11-12-21(2)17-8-5-7-15-14(17)9-10-16(20-15)18(22)23-3/h5-12H,4H2,1-3H3/b12-11-,13-6-.